The minimum absolute atomic E-state index is 0.214. The van der Waals surface area contributed by atoms with Crippen molar-refractivity contribution in [2.45, 2.75) is 32.1 Å². The molecular formula is C31H31ClFN7O2S. The molecule has 222 valence electrons. The molecular weight excluding hydrogens is 589 g/mol. The second-order valence-electron chi connectivity index (χ2n) is 10.9. The highest BCUT2D eigenvalue weighted by atomic mass is 35.5. The molecule has 1 saturated heterocycles. The third-order valence-electron chi connectivity index (χ3n) is 7.84. The van der Waals surface area contributed by atoms with Gasteiger partial charge in [-0.05, 0) is 54.3 Å². The van der Waals surface area contributed by atoms with Crippen LogP contribution in [0.15, 0.2) is 55.0 Å². The molecule has 1 fully saturated rings. The highest BCUT2D eigenvalue weighted by molar-refractivity contribution is 7.22. The number of anilines is 2. The van der Waals surface area contributed by atoms with Crippen molar-refractivity contribution in [3.05, 3.63) is 82.6 Å². The highest BCUT2D eigenvalue weighted by Crippen LogP contribution is 2.45. The van der Waals surface area contributed by atoms with Crippen LogP contribution in [0.2, 0.25) is 5.02 Å². The molecule has 0 radical (unpaired) electrons. The molecule has 7 rings (SSSR count). The lowest BCUT2D eigenvalue weighted by Gasteiger charge is -2.29. The van der Waals surface area contributed by atoms with Crippen molar-refractivity contribution >= 4 is 44.7 Å². The summed E-state index contributed by atoms with van der Waals surface area (Å²) in [6, 6.07) is 11.8. The Labute approximate surface area is 257 Å². The van der Waals surface area contributed by atoms with Crippen molar-refractivity contribution in [2.24, 2.45) is 0 Å². The Morgan fingerprint density at radius 3 is 2.84 bits per heavy atom. The minimum atomic E-state index is -0.479. The number of fused-ring (bicyclic) bond motifs is 5. The van der Waals surface area contributed by atoms with Gasteiger partial charge < -0.3 is 20.5 Å². The third kappa shape index (κ3) is 6.09. The van der Waals surface area contributed by atoms with Gasteiger partial charge >= 0.3 is 0 Å². The molecule has 12 heteroatoms. The summed E-state index contributed by atoms with van der Waals surface area (Å²) in [5.41, 5.74) is 4.86. The first-order valence-electron chi connectivity index (χ1n) is 14.4. The molecule has 0 bridgehead atoms. The van der Waals surface area contributed by atoms with Crippen molar-refractivity contribution in [1.29, 1.82) is 0 Å². The zero-order chi connectivity index (χ0) is 29.3. The summed E-state index contributed by atoms with van der Waals surface area (Å²) in [6.07, 6.45) is 4.80. The number of aryl methyl sites for hydroxylation is 2. The van der Waals surface area contributed by atoms with E-state index in [-0.39, 0.29) is 12.4 Å². The van der Waals surface area contributed by atoms with Gasteiger partial charge in [0.2, 0.25) is 0 Å². The van der Waals surface area contributed by atoms with E-state index in [9.17, 15) is 9.50 Å². The Hall–Kier alpha value is -3.61. The number of ether oxygens (including phenoxy) is 1. The average Bonchev–Trinajstić information content (AvgIpc) is 3.59. The fraction of sp³-hybridized carbons (Fsp3) is 0.323. The van der Waals surface area contributed by atoms with Gasteiger partial charge in [-0.3, -0.25) is 9.58 Å². The lowest BCUT2D eigenvalue weighted by atomic mass is 9.95. The summed E-state index contributed by atoms with van der Waals surface area (Å²) >= 11 is 8.20. The molecule has 1 aliphatic heterocycles. The molecule has 2 aromatic carbocycles. The number of benzene rings is 2. The van der Waals surface area contributed by atoms with Crippen molar-refractivity contribution in [2.75, 3.05) is 38.0 Å². The second kappa shape index (κ2) is 12.2. The quantitative estimate of drug-likeness (QED) is 0.211. The van der Waals surface area contributed by atoms with Gasteiger partial charge in [-0.25, -0.2) is 14.4 Å². The number of aliphatic hydroxyl groups is 1. The number of nitrogens with one attached hydrogen (secondary N) is 2. The van der Waals surface area contributed by atoms with Gasteiger partial charge in [0.1, 0.15) is 35.1 Å². The van der Waals surface area contributed by atoms with Gasteiger partial charge in [-0.1, -0.05) is 23.7 Å². The maximum absolute atomic E-state index is 13.5. The highest BCUT2D eigenvalue weighted by Gasteiger charge is 2.27. The van der Waals surface area contributed by atoms with Crippen LogP contribution < -0.4 is 15.4 Å². The van der Waals surface area contributed by atoms with E-state index >= 15 is 0 Å². The first-order chi connectivity index (χ1) is 21.0. The number of hydrogen-bond acceptors (Lipinski definition) is 9. The maximum atomic E-state index is 13.5. The van der Waals surface area contributed by atoms with Crippen LogP contribution in [0.25, 0.3) is 20.7 Å². The lowest BCUT2D eigenvalue weighted by molar-refractivity contribution is 0.0888. The number of piperazine rings is 1. The van der Waals surface area contributed by atoms with Crippen molar-refractivity contribution in [3.63, 3.8) is 0 Å². The number of halogens is 2. The number of nitrogens with zero attached hydrogens (tertiary/aromatic N) is 5. The zero-order valence-corrected chi connectivity index (χ0v) is 25.0. The number of rotatable bonds is 9. The van der Waals surface area contributed by atoms with Crippen LogP contribution in [-0.2, 0) is 26.0 Å². The molecule has 1 atom stereocenters. The van der Waals surface area contributed by atoms with Crippen molar-refractivity contribution in [3.8, 4) is 16.2 Å². The molecule has 5 aromatic rings. The Morgan fingerprint density at radius 1 is 1.12 bits per heavy atom. The smallest absolute Gasteiger partial charge is 0.142 e. The molecule has 1 aliphatic carbocycles. The predicted molar refractivity (Wildman–Crippen MR) is 167 cm³/mol. The van der Waals surface area contributed by atoms with Crippen LogP contribution >= 0.6 is 22.9 Å². The average molecular weight is 620 g/mol. The van der Waals surface area contributed by atoms with E-state index in [0.717, 1.165) is 76.6 Å². The molecule has 0 unspecified atom stereocenters. The number of thiophene rings is 1. The molecule has 3 N–H and O–H groups in total. The van der Waals surface area contributed by atoms with Crippen molar-refractivity contribution in [1.82, 2.24) is 30.0 Å². The first-order valence-corrected chi connectivity index (χ1v) is 15.6. The van der Waals surface area contributed by atoms with E-state index in [0.29, 0.717) is 29.7 Å². The molecule has 0 spiro atoms. The lowest BCUT2D eigenvalue weighted by Crippen LogP contribution is -2.46. The normalized spacial score (nSPS) is 15.7. The third-order valence-corrected chi connectivity index (χ3v) is 9.30. The maximum Gasteiger partial charge on any atom is 0.142 e. The van der Waals surface area contributed by atoms with Crippen LogP contribution in [-0.4, -0.2) is 68.6 Å². The van der Waals surface area contributed by atoms with Crippen LogP contribution in [0.3, 0.4) is 0 Å². The Balaban J connectivity index is 1.09. The molecule has 43 heavy (non-hydrogen) atoms. The van der Waals surface area contributed by atoms with Gasteiger partial charge in [0.05, 0.1) is 28.8 Å². The number of aromatic nitrogens is 4. The summed E-state index contributed by atoms with van der Waals surface area (Å²) < 4.78 is 21.2. The van der Waals surface area contributed by atoms with Crippen molar-refractivity contribution < 1.29 is 14.2 Å². The van der Waals surface area contributed by atoms with Gasteiger partial charge in [-0.15, -0.1) is 11.3 Å². The van der Waals surface area contributed by atoms with E-state index in [1.165, 1.54) is 17.7 Å². The van der Waals surface area contributed by atoms with Gasteiger partial charge in [0.25, 0.3) is 0 Å². The van der Waals surface area contributed by atoms with Crippen LogP contribution in [0.1, 0.15) is 16.8 Å². The molecule has 4 heterocycles. The largest absolute Gasteiger partial charge is 0.487 e. The number of hydrogen-bond donors (Lipinski definition) is 3. The Bertz CT molecular complexity index is 1770. The molecule has 0 amide bonds. The fourth-order valence-electron chi connectivity index (χ4n) is 5.80. The van der Waals surface area contributed by atoms with E-state index in [1.807, 2.05) is 10.7 Å². The van der Waals surface area contributed by atoms with Crippen LogP contribution in [0.4, 0.5) is 15.9 Å². The summed E-state index contributed by atoms with van der Waals surface area (Å²) in [4.78, 5) is 13.5. The predicted octanol–water partition coefficient (Wildman–Crippen LogP) is 5.03. The van der Waals surface area contributed by atoms with Crippen LogP contribution in [0, 0.1) is 5.82 Å². The molecule has 9 nitrogen and oxygen atoms in total. The van der Waals surface area contributed by atoms with E-state index in [4.69, 9.17) is 21.4 Å². The Morgan fingerprint density at radius 2 is 2.00 bits per heavy atom. The summed E-state index contributed by atoms with van der Waals surface area (Å²) in [6.45, 7) is 5.16. The number of aliphatic hydroxyl groups excluding tert-OH is 1. The minimum Gasteiger partial charge on any atom is -0.487 e. The van der Waals surface area contributed by atoms with E-state index in [1.54, 1.807) is 41.9 Å². The fourth-order valence-corrected chi connectivity index (χ4v) is 7.26. The Kier molecular flexibility index (Phi) is 7.98. The summed E-state index contributed by atoms with van der Waals surface area (Å²) in [5, 5.41) is 23.8. The zero-order valence-electron chi connectivity index (χ0n) is 23.4. The summed E-state index contributed by atoms with van der Waals surface area (Å²) in [7, 11) is 0. The molecule has 0 saturated carbocycles. The van der Waals surface area contributed by atoms with Crippen LogP contribution in [0.5, 0.6) is 5.75 Å². The van der Waals surface area contributed by atoms with Gasteiger partial charge in [0.15, 0.2) is 0 Å². The molecule has 2 aliphatic rings. The standard InChI is InChI=1S/C31H31ClFN7O2S/c32-25-13-21(4-7-27(25)42-17-19-2-1-3-20(33)12-19)37-30-28-23-5-6-26-24(29(23)43-31(28)36-18-35-30)16-40(38-26)15-22(41)14-39-10-8-34-9-11-39/h1-4,7,12-13,16,18,22,34,41H,5-6,8-11,14-15,17H2,(H,35,36,37)/t22-/m1/s1. The second-order valence-corrected chi connectivity index (χ2v) is 12.3. The SMILES string of the molecule is O[C@H](CN1CCNCC1)Cn1cc2c(n1)CCc1c-2sc2ncnc(Nc3ccc(OCc4cccc(F)c4)c(Cl)c3)c12. The number of β-amino-alcohol motifs (C(OH)–C–C–N with tert-alkyl or cyclic N) is 1. The van der Waals surface area contributed by atoms with E-state index in [2.05, 4.69) is 31.7 Å². The van der Waals surface area contributed by atoms with Gasteiger partial charge in [0, 0.05) is 55.0 Å². The van der Waals surface area contributed by atoms with Gasteiger partial charge in [-0.2, -0.15) is 5.10 Å². The van der Waals surface area contributed by atoms with E-state index < -0.39 is 6.10 Å². The first kappa shape index (κ1) is 28.2. The topological polar surface area (TPSA) is 100 Å². The summed E-state index contributed by atoms with van der Waals surface area (Å²) in [5.74, 6) is 0.929. The molecule has 3 aromatic heterocycles. The monoisotopic (exact) mass is 619 g/mol.